The molecule has 1 rings (SSSR count). The van der Waals surface area contributed by atoms with Gasteiger partial charge in [0.05, 0.1) is 16.3 Å². The first kappa shape index (κ1) is 13.6. The number of thiazole rings is 1. The molecule has 0 fully saturated rings. The normalized spacial score (nSPS) is 17.1. The van der Waals surface area contributed by atoms with Gasteiger partial charge in [-0.05, 0) is 27.2 Å². The summed E-state index contributed by atoms with van der Waals surface area (Å²) in [5.74, 6) is 0. The summed E-state index contributed by atoms with van der Waals surface area (Å²) < 4.78 is 5.77. The summed E-state index contributed by atoms with van der Waals surface area (Å²) >= 11 is 1.67. The lowest BCUT2D eigenvalue weighted by molar-refractivity contribution is -0.0463. The summed E-state index contributed by atoms with van der Waals surface area (Å²) in [6, 6.07) is -0.000972. The molecule has 0 aliphatic heterocycles. The van der Waals surface area contributed by atoms with Gasteiger partial charge in [-0.3, -0.25) is 0 Å². The molecule has 0 saturated heterocycles. The molecule has 0 aliphatic carbocycles. The maximum absolute atomic E-state index is 6.23. The van der Waals surface area contributed by atoms with Crippen molar-refractivity contribution >= 4 is 11.3 Å². The number of hydrogen-bond acceptors (Lipinski definition) is 4. The summed E-state index contributed by atoms with van der Waals surface area (Å²) in [5, 5.41) is 3.17. The molecule has 0 amide bonds. The van der Waals surface area contributed by atoms with Crippen molar-refractivity contribution in [2.45, 2.75) is 52.2 Å². The molecule has 0 spiro atoms. The molecule has 2 atom stereocenters. The first-order valence-corrected chi connectivity index (χ1v) is 6.70. The summed E-state index contributed by atoms with van der Waals surface area (Å²) in [4.78, 5) is 4.44. The van der Waals surface area contributed by atoms with E-state index in [1.54, 1.807) is 11.3 Å². The van der Waals surface area contributed by atoms with E-state index in [1.165, 1.54) is 0 Å². The Kier molecular flexibility index (Phi) is 4.89. The van der Waals surface area contributed by atoms with Crippen molar-refractivity contribution in [3.8, 4) is 0 Å². The molecule has 1 heterocycles. The van der Waals surface area contributed by atoms with Gasteiger partial charge in [0.25, 0.3) is 0 Å². The minimum absolute atomic E-state index is 0.000972. The topological polar surface area (TPSA) is 48.1 Å². The average molecular weight is 242 g/mol. The lowest BCUT2D eigenvalue weighted by Gasteiger charge is -2.34. The van der Waals surface area contributed by atoms with Crippen molar-refractivity contribution in [1.29, 1.82) is 0 Å². The van der Waals surface area contributed by atoms with Gasteiger partial charge in [-0.25, -0.2) is 4.98 Å². The number of ether oxygens (including phenoxy) is 1. The fraction of sp³-hybridized carbons (Fsp3) is 0.750. The van der Waals surface area contributed by atoms with E-state index >= 15 is 0 Å². The molecule has 3 nitrogen and oxygen atoms in total. The fourth-order valence-corrected chi connectivity index (χ4v) is 2.37. The average Bonchev–Trinajstić information content (AvgIpc) is 2.64. The third kappa shape index (κ3) is 3.27. The highest BCUT2D eigenvalue weighted by Crippen LogP contribution is 2.22. The molecule has 0 bridgehead atoms. The Morgan fingerprint density at radius 1 is 1.56 bits per heavy atom. The molecule has 16 heavy (non-hydrogen) atoms. The summed E-state index contributed by atoms with van der Waals surface area (Å²) in [6.45, 7) is 8.92. The van der Waals surface area contributed by atoms with Gasteiger partial charge in [-0.15, -0.1) is 11.3 Å². The van der Waals surface area contributed by atoms with Crippen LogP contribution in [0.25, 0.3) is 0 Å². The Labute approximate surface area is 102 Å². The van der Waals surface area contributed by atoms with Gasteiger partial charge >= 0.3 is 0 Å². The predicted octanol–water partition coefficient (Wildman–Crippen LogP) is 2.53. The molecular weight excluding hydrogens is 220 g/mol. The molecule has 2 unspecified atom stereocenters. The molecule has 4 heteroatoms. The molecule has 0 aromatic carbocycles. The van der Waals surface area contributed by atoms with Crippen LogP contribution < -0.4 is 5.73 Å². The second-order valence-corrected chi connectivity index (χ2v) is 5.33. The Bertz CT molecular complexity index is 327. The van der Waals surface area contributed by atoms with Gasteiger partial charge in [-0.1, -0.05) is 6.92 Å². The van der Waals surface area contributed by atoms with Crippen molar-refractivity contribution in [1.82, 2.24) is 4.98 Å². The van der Waals surface area contributed by atoms with Gasteiger partial charge < -0.3 is 10.5 Å². The summed E-state index contributed by atoms with van der Waals surface area (Å²) in [7, 11) is 0. The molecule has 1 aromatic rings. The van der Waals surface area contributed by atoms with E-state index < -0.39 is 0 Å². The van der Waals surface area contributed by atoms with Gasteiger partial charge in [-0.2, -0.15) is 0 Å². The maximum atomic E-state index is 6.23. The van der Waals surface area contributed by atoms with E-state index in [1.807, 2.05) is 13.8 Å². The zero-order valence-electron chi connectivity index (χ0n) is 10.6. The number of nitrogens with zero attached hydrogens (tertiary/aromatic N) is 1. The van der Waals surface area contributed by atoms with Crippen LogP contribution in [-0.2, 0) is 11.2 Å². The number of aromatic nitrogens is 1. The van der Waals surface area contributed by atoms with E-state index in [4.69, 9.17) is 10.5 Å². The van der Waals surface area contributed by atoms with Crippen LogP contribution in [0, 0.1) is 6.92 Å². The van der Waals surface area contributed by atoms with Crippen molar-refractivity contribution in [3.05, 3.63) is 16.1 Å². The highest BCUT2D eigenvalue weighted by molar-refractivity contribution is 7.09. The van der Waals surface area contributed by atoms with Crippen LogP contribution in [0.2, 0.25) is 0 Å². The Morgan fingerprint density at radius 3 is 2.69 bits per heavy atom. The van der Waals surface area contributed by atoms with E-state index in [0.29, 0.717) is 6.61 Å². The van der Waals surface area contributed by atoms with E-state index in [9.17, 15) is 0 Å². The molecule has 0 radical (unpaired) electrons. The van der Waals surface area contributed by atoms with E-state index in [0.717, 1.165) is 23.5 Å². The number of rotatable bonds is 6. The van der Waals surface area contributed by atoms with Crippen molar-refractivity contribution in [2.75, 3.05) is 6.61 Å². The maximum Gasteiger partial charge on any atom is 0.0897 e. The minimum Gasteiger partial charge on any atom is -0.374 e. The van der Waals surface area contributed by atoms with Crippen LogP contribution >= 0.6 is 11.3 Å². The number of hydrogen-bond donors (Lipinski definition) is 1. The fourth-order valence-electron chi connectivity index (χ4n) is 1.74. The zero-order valence-corrected chi connectivity index (χ0v) is 11.4. The molecule has 2 N–H and O–H groups in total. The molecule has 92 valence electrons. The summed E-state index contributed by atoms with van der Waals surface area (Å²) in [6.07, 6.45) is 1.71. The SMILES string of the molecule is CCOC(C)(CC)C(N)Cc1csc(C)n1. The molecule has 0 saturated carbocycles. The highest BCUT2D eigenvalue weighted by Gasteiger charge is 2.30. The monoisotopic (exact) mass is 242 g/mol. The van der Waals surface area contributed by atoms with Crippen molar-refractivity contribution < 1.29 is 4.74 Å². The minimum atomic E-state index is -0.244. The first-order chi connectivity index (χ1) is 7.51. The van der Waals surface area contributed by atoms with Crippen LogP contribution in [0.15, 0.2) is 5.38 Å². The zero-order chi connectivity index (χ0) is 12.2. The van der Waals surface area contributed by atoms with Crippen LogP contribution in [0.3, 0.4) is 0 Å². The van der Waals surface area contributed by atoms with Gasteiger partial charge in [0, 0.05) is 24.4 Å². The van der Waals surface area contributed by atoms with Crippen LogP contribution in [0.4, 0.5) is 0 Å². The Hall–Kier alpha value is -0.450. The standard InChI is InChI=1S/C12H22N2OS/c1-5-12(4,15-6-2)11(13)7-10-8-16-9(3)14-10/h8,11H,5-7,13H2,1-4H3. The molecule has 1 aromatic heterocycles. The van der Waals surface area contributed by atoms with E-state index in [2.05, 4.69) is 24.2 Å². The second-order valence-electron chi connectivity index (χ2n) is 4.27. The van der Waals surface area contributed by atoms with Crippen molar-refractivity contribution in [2.24, 2.45) is 5.73 Å². The lowest BCUT2D eigenvalue weighted by Crippen LogP contribution is -2.48. The third-order valence-corrected chi connectivity index (χ3v) is 3.88. The first-order valence-electron chi connectivity index (χ1n) is 5.82. The summed E-state index contributed by atoms with van der Waals surface area (Å²) in [5.41, 5.74) is 7.06. The molecular formula is C12H22N2OS. The largest absolute Gasteiger partial charge is 0.374 e. The van der Waals surface area contributed by atoms with Gasteiger partial charge in [0.15, 0.2) is 0 Å². The third-order valence-electron chi connectivity index (χ3n) is 3.06. The van der Waals surface area contributed by atoms with Gasteiger partial charge in [0.1, 0.15) is 0 Å². The van der Waals surface area contributed by atoms with Crippen LogP contribution in [0.1, 0.15) is 37.9 Å². The predicted molar refractivity (Wildman–Crippen MR) is 68.9 cm³/mol. The number of nitrogens with two attached hydrogens (primary N) is 1. The van der Waals surface area contributed by atoms with Crippen LogP contribution in [0.5, 0.6) is 0 Å². The highest BCUT2D eigenvalue weighted by atomic mass is 32.1. The Morgan fingerprint density at radius 2 is 2.25 bits per heavy atom. The number of aryl methyl sites for hydroxylation is 1. The molecule has 0 aliphatic rings. The smallest absolute Gasteiger partial charge is 0.0897 e. The van der Waals surface area contributed by atoms with Crippen molar-refractivity contribution in [3.63, 3.8) is 0 Å². The van der Waals surface area contributed by atoms with Gasteiger partial charge in [0.2, 0.25) is 0 Å². The van der Waals surface area contributed by atoms with E-state index in [-0.39, 0.29) is 11.6 Å². The lowest BCUT2D eigenvalue weighted by atomic mass is 9.90. The second kappa shape index (κ2) is 5.75. The quantitative estimate of drug-likeness (QED) is 0.834. The van der Waals surface area contributed by atoms with Crippen LogP contribution in [-0.4, -0.2) is 23.2 Å². The Balaban J connectivity index is 2.65.